The first kappa shape index (κ1) is 14.3. The van der Waals surface area contributed by atoms with Crippen LogP contribution in [0.5, 0.6) is 0 Å². The van der Waals surface area contributed by atoms with Crippen molar-refractivity contribution in [3.8, 4) is 0 Å². The van der Waals surface area contributed by atoms with Gasteiger partial charge >= 0.3 is 0 Å². The van der Waals surface area contributed by atoms with Crippen LogP contribution in [0.2, 0.25) is 0 Å². The Balaban J connectivity index is 2.26. The fraction of sp³-hybridized carbons (Fsp3) is 0.500. The zero-order valence-corrected chi connectivity index (χ0v) is 10.9. The molecule has 1 N–H and O–H groups in total. The Morgan fingerprint density at radius 1 is 1.00 bits per heavy atom. The molecule has 0 amide bonds. The minimum atomic E-state index is -4.16. The van der Waals surface area contributed by atoms with Crippen molar-refractivity contribution < 1.29 is 21.6 Å². The first-order valence-electron chi connectivity index (χ1n) is 6.07. The molecule has 0 bridgehead atoms. The molecule has 19 heavy (non-hydrogen) atoms. The van der Waals surface area contributed by atoms with E-state index >= 15 is 0 Å². The molecule has 106 valence electrons. The Labute approximate surface area is 109 Å². The molecule has 3 nitrogen and oxygen atoms in total. The topological polar surface area (TPSA) is 46.2 Å². The summed E-state index contributed by atoms with van der Waals surface area (Å²) >= 11 is 0. The second-order valence-electron chi connectivity index (χ2n) is 4.63. The highest BCUT2D eigenvalue weighted by Gasteiger charge is 2.27. The van der Waals surface area contributed by atoms with Crippen LogP contribution >= 0.6 is 0 Å². The molecule has 7 heteroatoms. The van der Waals surface area contributed by atoms with Crippen molar-refractivity contribution in [1.29, 1.82) is 0 Å². The third-order valence-electron chi connectivity index (χ3n) is 3.22. The van der Waals surface area contributed by atoms with E-state index in [1.165, 1.54) is 0 Å². The maximum absolute atomic E-state index is 13.5. The highest BCUT2D eigenvalue weighted by atomic mass is 32.2. The summed E-state index contributed by atoms with van der Waals surface area (Å²) in [6, 6.07) is 1.07. The van der Waals surface area contributed by atoms with Crippen molar-refractivity contribution in [2.45, 2.75) is 43.0 Å². The molecule has 1 saturated carbocycles. The molecular weight excluding hydrogens is 279 g/mol. The van der Waals surface area contributed by atoms with Crippen molar-refractivity contribution in [3.63, 3.8) is 0 Å². The summed E-state index contributed by atoms with van der Waals surface area (Å²) in [5, 5.41) is 0. The largest absolute Gasteiger partial charge is 0.243 e. The lowest BCUT2D eigenvalue weighted by atomic mass is 9.96. The lowest BCUT2D eigenvalue weighted by molar-refractivity contribution is 0.407. The monoisotopic (exact) mass is 293 g/mol. The van der Waals surface area contributed by atoms with Crippen molar-refractivity contribution in [3.05, 3.63) is 29.6 Å². The zero-order valence-electron chi connectivity index (χ0n) is 10.1. The molecule has 2 rings (SSSR count). The van der Waals surface area contributed by atoms with Crippen LogP contribution in [0.1, 0.15) is 32.1 Å². The van der Waals surface area contributed by atoms with Crippen LogP contribution in [-0.4, -0.2) is 14.5 Å². The Morgan fingerprint density at radius 2 is 1.63 bits per heavy atom. The van der Waals surface area contributed by atoms with E-state index in [0.717, 1.165) is 25.3 Å². The minimum absolute atomic E-state index is 0.272. The van der Waals surface area contributed by atoms with Gasteiger partial charge in [0.1, 0.15) is 4.90 Å². The summed E-state index contributed by atoms with van der Waals surface area (Å²) in [5.74, 6) is -4.86. The van der Waals surface area contributed by atoms with E-state index in [1.807, 2.05) is 0 Å². The van der Waals surface area contributed by atoms with E-state index in [4.69, 9.17) is 0 Å². The number of hydrogen-bond acceptors (Lipinski definition) is 2. The fourth-order valence-corrected chi connectivity index (χ4v) is 3.59. The highest BCUT2D eigenvalue weighted by Crippen LogP contribution is 2.23. The summed E-state index contributed by atoms with van der Waals surface area (Å²) in [7, 11) is -4.16. The van der Waals surface area contributed by atoms with Crippen LogP contribution < -0.4 is 4.72 Å². The van der Waals surface area contributed by atoms with E-state index in [9.17, 15) is 21.6 Å². The number of hydrogen-bond donors (Lipinski definition) is 1. The second-order valence-corrected chi connectivity index (χ2v) is 6.31. The van der Waals surface area contributed by atoms with Gasteiger partial charge in [-0.05, 0) is 25.0 Å². The number of benzene rings is 1. The fourth-order valence-electron chi connectivity index (χ4n) is 2.22. The molecule has 0 atom stereocenters. The van der Waals surface area contributed by atoms with Gasteiger partial charge in [-0.25, -0.2) is 26.3 Å². The second kappa shape index (κ2) is 5.50. The van der Waals surface area contributed by atoms with E-state index in [-0.39, 0.29) is 6.04 Å². The number of sulfonamides is 1. The quantitative estimate of drug-likeness (QED) is 0.871. The Kier molecular flexibility index (Phi) is 4.15. The van der Waals surface area contributed by atoms with Crippen LogP contribution in [0, 0.1) is 17.5 Å². The molecule has 1 aromatic rings. The molecule has 0 aromatic heterocycles. The Morgan fingerprint density at radius 3 is 2.26 bits per heavy atom. The zero-order chi connectivity index (χ0) is 14.0. The van der Waals surface area contributed by atoms with Crippen LogP contribution in [0.25, 0.3) is 0 Å². The highest BCUT2D eigenvalue weighted by molar-refractivity contribution is 7.89. The standard InChI is InChI=1S/C12H14F3NO2S/c13-9-6-7-10(12(15)11(9)14)19(17,18)16-8-4-2-1-3-5-8/h6-8,16H,1-5H2. The van der Waals surface area contributed by atoms with Gasteiger partial charge in [-0.15, -0.1) is 0 Å². The SMILES string of the molecule is O=S(=O)(NC1CCCCC1)c1ccc(F)c(F)c1F. The molecule has 0 radical (unpaired) electrons. The van der Waals surface area contributed by atoms with Gasteiger partial charge in [-0.3, -0.25) is 0 Å². The maximum Gasteiger partial charge on any atom is 0.243 e. The van der Waals surface area contributed by atoms with Crippen LogP contribution in [-0.2, 0) is 10.0 Å². The van der Waals surface area contributed by atoms with E-state index < -0.39 is 32.4 Å². The molecule has 0 unspecified atom stereocenters. The lowest BCUT2D eigenvalue weighted by Crippen LogP contribution is -2.36. The van der Waals surface area contributed by atoms with Gasteiger partial charge in [0.15, 0.2) is 17.5 Å². The van der Waals surface area contributed by atoms with Crippen LogP contribution in [0.15, 0.2) is 17.0 Å². The van der Waals surface area contributed by atoms with Gasteiger partial charge in [0.25, 0.3) is 0 Å². The van der Waals surface area contributed by atoms with Crippen molar-refractivity contribution >= 4 is 10.0 Å². The van der Waals surface area contributed by atoms with Crippen molar-refractivity contribution in [2.75, 3.05) is 0 Å². The summed E-state index contributed by atoms with van der Waals surface area (Å²) in [6.07, 6.45) is 4.17. The average Bonchev–Trinajstić information content (AvgIpc) is 2.36. The Hall–Kier alpha value is -1.08. The summed E-state index contributed by atoms with van der Waals surface area (Å²) in [6.45, 7) is 0. The first-order chi connectivity index (χ1) is 8.92. The summed E-state index contributed by atoms with van der Waals surface area (Å²) in [5.41, 5.74) is 0. The third kappa shape index (κ3) is 3.09. The van der Waals surface area contributed by atoms with Crippen LogP contribution in [0.3, 0.4) is 0 Å². The van der Waals surface area contributed by atoms with E-state index in [0.29, 0.717) is 18.9 Å². The normalized spacial score (nSPS) is 17.6. The van der Waals surface area contributed by atoms with Crippen molar-refractivity contribution in [1.82, 2.24) is 4.72 Å². The molecule has 0 aliphatic heterocycles. The number of rotatable bonds is 3. The lowest BCUT2D eigenvalue weighted by Gasteiger charge is -2.22. The molecule has 1 aliphatic rings. The summed E-state index contributed by atoms with van der Waals surface area (Å²) in [4.78, 5) is -0.850. The molecule has 0 heterocycles. The molecule has 1 fully saturated rings. The van der Waals surface area contributed by atoms with E-state index in [1.54, 1.807) is 0 Å². The first-order valence-corrected chi connectivity index (χ1v) is 7.56. The number of nitrogens with one attached hydrogen (secondary N) is 1. The average molecular weight is 293 g/mol. The molecule has 0 saturated heterocycles. The molecule has 1 aliphatic carbocycles. The number of halogens is 3. The minimum Gasteiger partial charge on any atom is -0.208 e. The molecule has 0 spiro atoms. The maximum atomic E-state index is 13.5. The van der Waals surface area contributed by atoms with Gasteiger partial charge in [0, 0.05) is 6.04 Å². The van der Waals surface area contributed by atoms with Gasteiger partial charge in [0.2, 0.25) is 10.0 Å². The van der Waals surface area contributed by atoms with E-state index in [2.05, 4.69) is 4.72 Å². The molecular formula is C12H14F3NO2S. The van der Waals surface area contributed by atoms with Gasteiger partial charge < -0.3 is 0 Å². The third-order valence-corrected chi connectivity index (χ3v) is 4.75. The van der Waals surface area contributed by atoms with Gasteiger partial charge in [0.05, 0.1) is 0 Å². The Bertz CT molecular complexity index is 569. The predicted octanol–water partition coefficient (Wildman–Crippen LogP) is 2.71. The van der Waals surface area contributed by atoms with Gasteiger partial charge in [-0.1, -0.05) is 19.3 Å². The molecule has 1 aromatic carbocycles. The van der Waals surface area contributed by atoms with Crippen LogP contribution in [0.4, 0.5) is 13.2 Å². The smallest absolute Gasteiger partial charge is 0.208 e. The van der Waals surface area contributed by atoms with Gasteiger partial charge in [-0.2, -0.15) is 0 Å². The van der Waals surface area contributed by atoms with Crippen molar-refractivity contribution in [2.24, 2.45) is 0 Å². The summed E-state index contributed by atoms with van der Waals surface area (Å²) < 4.78 is 65.5. The predicted molar refractivity (Wildman–Crippen MR) is 63.5 cm³/mol.